The molecule has 0 atom stereocenters. The second-order valence-electron chi connectivity index (χ2n) is 5.71. The van der Waals surface area contributed by atoms with E-state index in [-0.39, 0.29) is 42.3 Å². The normalized spacial score (nSPS) is 11.4. The lowest BCUT2D eigenvalue weighted by Crippen LogP contribution is -2.23. The van der Waals surface area contributed by atoms with Crippen LogP contribution in [-0.4, -0.2) is 13.1 Å². The zero-order valence-corrected chi connectivity index (χ0v) is 16.9. The van der Waals surface area contributed by atoms with Gasteiger partial charge in [-0.1, -0.05) is 18.2 Å². The fourth-order valence-electron chi connectivity index (χ4n) is 2.65. The van der Waals surface area contributed by atoms with E-state index in [9.17, 15) is 4.39 Å². The lowest BCUT2D eigenvalue weighted by Gasteiger charge is -2.10. The molecular weight excluding hydrogens is 448 g/mol. The fraction of sp³-hybridized carbons (Fsp3) is 0.211. The van der Waals surface area contributed by atoms with E-state index >= 15 is 0 Å². The number of hydrogen-bond donors (Lipinski definition) is 2. The van der Waals surface area contributed by atoms with Crippen LogP contribution in [0.15, 0.2) is 51.9 Å². The van der Waals surface area contributed by atoms with Crippen molar-refractivity contribution in [3.05, 3.63) is 65.2 Å². The van der Waals surface area contributed by atoms with Gasteiger partial charge in [0.1, 0.15) is 23.7 Å². The van der Waals surface area contributed by atoms with Crippen LogP contribution in [0.25, 0.3) is 11.0 Å². The molecule has 0 aliphatic carbocycles. The first-order valence-electron chi connectivity index (χ1n) is 7.90. The number of nitrogens with zero attached hydrogens (tertiary/aromatic N) is 1. The summed E-state index contributed by atoms with van der Waals surface area (Å²) in [5, 5.41) is 3.83. The van der Waals surface area contributed by atoms with Gasteiger partial charge in [-0.2, -0.15) is 0 Å². The number of guanidine groups is 1. The Morgan fingerprint density at radius 1 is 1.27 bits per heavy atom. The predicted octanol–water partition coefficient (Wildman–Crippen LogP) is 4.57. The molecule has 1 aromatic heterocycles. The summed E-state index contributed by atoms with van der Waals surface area (Å²) in [6.07, 6.45) is 0. The molecule has 0 amide bonds. The summed E-state index contributed by atoms with van der Waals surface area (Å²) in [7, 11) is 1.64. The van der Waals surface area contributed by atoms with Gasteiger partial charge in [0, 0.05) is 29.3 Å². The van der Waals surface area contributed by atoms with Gasteiger partial charge in [-0.25, -0.2) is 9.38 Å². The average molecular weight is 469 g/mol. The quantitative estimate of drug-likeness (QED) is 0.326. The van der Waals surface area contributed by atoms with E-state index in [1.165, 1.54) is 12.1 Å². The number of rotatable bonds is 5. The summed E-state index contributed by atoms with van der Waals surface area (Å²) in [4.78, 5) is 4.32. The summed E-state index contributed by atoms with van der Waals surface area (Å²) in [6, 6.07) is 12.2. The van der Waals surface area contributed by atoms with Crippen LogP contribution in [0.1, 0.15) is 16.9 Å². The van der Waals surface area contributed by atoms with Crippen molar-refractivity contribution in [3.8, 4) is 0 Å². The van der Waals surface area contributed by atoms with Crippen molar-refractivity contribution in [2.45, 2.75) is 20.1 Å². The van der Waals surface area contributed by atoms with Gasteiger partial charge in [0.05, 0.1) is 6.61 Å². The Bertz CT molecular complexity index is 924. The highest BCUT2D eigenvalue weighted by atomic mass is 127. The SMILES string of the molecule is COCc1ccccc1NC(N)=NCc1oc2ccc(F)cc2c1C.I. The van der Waals surface area contributed by atoms with Crippen molar-refractivity contribution in [2.75, 3.05) is 12.4 Å². The number of anilines is 1. The van der Waals surface area contributed by atoms with E-state index in [2.05, 4.69) is 10.3 Å². The number of furan rings is 1. The Morgan fingerprint density at radius 3 is 2.81 bits per heavy atom. The van der Waals surface area contributed by atoms with Crippen LogP contribution in [0.3, 0.4) is 0 Å². The summed E-state index contributed by atoms with van der Waals surface area (Å²) < 4.78 is 24.3. The van der Waals surface area contributed by atoms with Gasteiger partial charge in [-0.3, -0.25) is 0 Å². The molecule has 26 heavy (non-hydrogen) atoms. The molecule has 1 heterocycles. The molecule has 3 N–H and O–H groups in total. The first kappa shape index (κ1) is 20.2. The molecule has 0 fully saturated rings. The highest BCUT2D eigenvalue weighted by Crippen LogP contribution is 2.26. The fourth-order valence-corrected chi connectivity index (χ4v) is 2.65. The van der Waals surface area contributed by atoms with E-state index < -0.39 is 0 Å². The van der Waals surface area contributed by atoms with Crippen LogP contribution in [-0.2, 0) is 17.9 Å². The topological polar surface area (TPSA) is 72.8 Å². The van der Waals surface area contributed by atoms with Crippen molar-refractivity contribution in [1.82, 2.24) is 0 Å². The van der Waals surface area contributed by atoms with E-state index in [1.54, 1.807) is 13.2 Å². The molecule has 0 bridgehead atoms. The predicted molar refractivity (Wildman–Crippen MR) is 112 cm³/mol. The van der Waals surface area contributed by atoms with Crippen LogP contribution < -0.4 is 11.1 Å². The Balaban J connectivity index is 0.00000243. The number of nitrogens with one attached hydrogen (secondary N) is 1. The van der Waals surface area contributed by atoms with E-state index in [0.29, 0.717) is 18.0 Å². The van der Waals surface area contributed by atoms with Gasteiger partial charge in [0.25, 0.3) is 0 Å². The van der Waals surface area contributed by atoms with Gasteiger partial charge < -0.3 is 20.2 Å². The van der Waals surface area contributed by atoms with Gasteiger partial charge in [-0.05, 0) is 31.2 Å². The van der Waals surface area contributed by atoms with Gasteiger partial charge in [-0.15, -0.1) is 24.0 Å². The van der Waals surface area contributed by atoms with Crippen molar-refractivity contribution in [1.29, 1.82) is 0 Å². The largest absolute Gasteiger partial charge is 0.459 e. The first-order chi connectivity index (χ1) is 12.1. The molecule has 5 nitrogen and oxygen atoms in total. The molecular formula is C19H21FIN3O2. The van der Waals surface area contributed by atoms with E-state index in [0.717, 1.165) is 22.2 Å². The Labute approximate surface area is 168 Å². The first-order valence-corrected chi connectivity index (χ1v) is 7.90. The van der Waals surface area contributed by atoms with Crippen LogP contribution in [0.5, 0.6) is 0 Å². The third-order valence-electron chi connectivity index (χ3n) is 3.97. The van der Waals surface area contributed by atoms with Gasteiger partial charge in [0.2, 0.25) is 0 Å². The lowest BCUT2D eigenvalue weighted by molar-refractivity contribution is 0.185. The second kappa shape index (κ2) is 9.00. The average Bonchev–Trinajstić information content (AvgIpc) is 2.91. The van der Waals surface area contributed by atoms with Crippen LogP contribution in [0, 0.1) is 12.7 Å². The van der Waals surface area contributed by atoms with Crippen molar-refractivity contribution < 1.29 is 13.5 Å². The monoisotopic (exact) mass is 469 g/mol. The molecule has 0 aliphatic heterocycles. The maximum atomic E-state index is 13.4. The second-order valence-corrected chi connectivity index (χ2v) is 5.71. The van der Waals surface area contributed by atoms with Crippen LogP contribution >= 0.6 is 24.0 Å². The minimum absolute atomic E-state index is 0. The zero-order valence-electron chi connectivity index (χ0n) is 14.6. The maximum Gasteiger partial charge on any atom is 0.193 e. The molecule has 0 saturated carbocycles. The third-order valence-corrected chi connectivity index (χ3v) is 3.97. The molecule has 7 heteroatoms. The molecule has 0 radical (unpaired) electrons. The molecule has 138 valence electrons. The van der Waals surface area contributed by atoms with Crippen molar-refractivity contribution in [3.63, 3.8) is 0 Å². The summed E-state index contributed by atoms with van der Waals surface area (Å²) >= 11 is 0. The van der Waals surface area contributed by atoms with Crippen LogP contribution in [0.2, 0.25) is 0 Å². The Kier molecular flexibility index (Phi) is 6.98. The maximum absolute atomic E-state index is 13.4. The molecule has 0 aliphatic rings. The summed E-state index contributed by atoms with van der Waals surface area (Å²) in [6.45, 7) is 2.63. The molecule has 0 saturated heterocycles. The van der Waals surface area contributed by atoms with Gasteiger partial charge >= 0.3 is 0 Å². The Hall–Kier alpha value is -2.13. The van der Waals surface area contributed by atoms with Crippen LogP contribution in [0.4, 0.5) is 10.1 Å². The number of halogens is 2. The highest BCUT2D eigenvalue weighted by molar-refractivity contribution is 14.0. The number of hydrogen-bond acceptors (Lipinski definition) is 3. The number of ether oxygens (including phenoxy) is 1. The third kappa shape index (κ3) is 4.53. The smallest absolute Gasteiger partial charge is 0.193 e. The summed E-state index contributed by atoms with van der Waals surface area (Å²) in [5.74, 6) is 0.646. The number of aryl methyl sites for hydroxylation is 1. The molecule has 0 spiro atoms. The number of para-hydroxylation sites is 1. The Morgan fingerprint density at radius 2 is 2.04 bits per heavy atom. The van der Waals surface area contributed by atoms with Crippen molar-refractivity contribution in [2.24, 2.45) is 10.7 Å². The van der Waals surface area contributed by atoms with Gasteiger partial charge in [0.15, 0.2) is 5.96 Å². The molecule has 3 aromatic rings. The molecule has 0 unspecified atom stereocenters. The number of fused-ring (bicyclic) bond motifs is 1. The highest BCUT2D eigenvalue weighted by Gasteiger charge is 2.11. The lowest BCUT2D eigenvalue weighted by atomic mass is 10.1. The number of nitrogens with two attached hydrogens (primary N) is 1. The number of aliphatic imine (C=N–C) groups is 1. The van der Waals surface area contributed by atoms with Crippen molar-refractivity contribution >= 4 is 46.6 Å². The minimum atomic E-state index is -0.289. The minimum Gasteiger partial charge on any atom is -0.459 e. The molecule has 3 rings (SSSR count). The number of benzene rings is 2. The number of methoxy groups -OCH3 is 1. The standard InChI is InChI=1S/C19H20FN3O2.HI/c1-12-15-9-14(20)7-8-17(15)25-18(12)10-22-19(21)23-16-6-4-3-5-13(16)11-24-2;/h3-9H,10-11H2,1-2H3,(H3,21,22,23);1H. The molecule has 2 aromatic carbocycles. The summed E-state index contributed by atoms with van der Waals surface area (Å²) in [5.41, 5.74) is 9.32. The van der Waals surface area contributed by atoms with E-state index in [1.807, 2.05) is 31.2 Å². The van der Waals surface area contributed by atoms with E-state index in [4.69, 9.17) is 14.9 Å². The zero-order chi connectivity index (χ0) is 17.8.